The number of hydrogen-bond acceptors (Lipinski definition) is 4. The zero-order valence-electron chi connectivity index (χ0n) is 16.2. The minimum atomic E-state index is 0.113. The third-order valence-corrected chi connectivity index (χ3v) is 5.13. The molecule has 0 radical (unpaired) electrons. The lowest BCUT2D eigenvalue weighted by molar-refractivity contribution is -0.132. The molecule has 26 heavy (non-hydrogen) atoms. The highest BCUT2D eigenvalue weighted by atomic mass is 16.2. The summed E-state index contributed by atoms with van der Waals surface area (Å²) in [6.07, 6.45) is 5.24. The first-order chi connectivity index (χ1) is 12.5. The van der Waals surface area contributed by atoms with E-state index >= 15 is 0 Å². The highest BCUT2D eigenvalue weighted by Crippen LogP contribution is 2.31. The van der Waals surface area contributed by atoms with Crippen molar-refractivity contribution in [3.63, 3.8) is 0 Å². The van der Waals surface area contributed by atoms with Crippen molar-refractivity contribution >= 4 is 5.91 Å². The summed E-state index contributed by atoms with van der Waals surface area (Å²) in [5.74, 6) is 0.215. The molecule has 6 heteroatoms. The number of pyridine rings is 1. The number of carbonyl (C=O) groups is 1. The van der Waals surface area contributed by atoms with Gasteiger partial charge in [0.1, 0.15) is 0 Å². The molecular weight excluding hydrogens is 326 g/mol. The van der Waals surface area contributed by atoms with Gasteiger partial charge in [0, 0.05) is 31.4 Å². The van der Waals surface area contributed by atoms with Crippen molar-refractivity contribution < 1.29 is 4.79 Å². The summed E-state index contributed by atoms with van der Waals surface area (Å²) >= 11 is 0. The fraction of sp³-hybridized carbons (Fsp3) is 0.550. The van der Waals surface area contributed by atoms with E-state index in [0.717, 1.165) is 49.4 Å². The van der Waals surface area contributed by atoms with Gasteiger partial charge in [0.25, 0.3) is 0 Å². The smallest absolute Gasteiger partial charge is 0.223 e. The van der Waals surface area contributed by atoms with Crippen LogP contribution in [0.2, 0.25) is 0 Å². The van der Waals surface area contributed by atoms with Gasteiger partial charge in [0.05, 0.1) is 17.4 Å². The number of aromatic nitrogens is 3. The maximum Gasteiger partial charge on any atom is 0.223 e. The second-order valence-electron chi connectivity index (χ2n) is 7.49. The molecule has 2 aromatic heterocycles. The van der Waals surface area contributed by atoms with Crippen LogP contribution in [0.4, 0.5) is 0 Å². The van der Waals surface area contributed by atoms with E-state index < -0.39 is 0 Å². The summed E-state index contributed by atoms with van der Waals surface area (Å²) in [7, 11) is 4.10. The lowest BCUT2D eigenvalue weighted by atomic mass is 10.1. The molecule has 1 fully saturated rings. The first-order valence-corrected chi connectivity index (χ1v) is 9.35. The number of rotatable bonds is 6. The van der Waals surface area contributed by atoms with E-state index in [2.05, 4.69) is 46.3 Å². The lowest BCUT2D eigenvalue weighted by Gasteiger charge is -2.24. The Kier molecular flexibility index (Phi) is 5.71. The number of nitrogens with one attached hydrogen (secondary N) is 1. The number of aryl methyl sites for hydroxylation is 2. The molecule has 0 aromatic carbocycles. The molecule has 1 aliphatic heterocycles. The zero-order chi connectivity index (χ0) is 18.7. The standard InChI is InChI=1S/C20H29N5O/c1-14-17(15(2)23-22-14)8-10-20(26)25-11-5-6-19(25)18-9-7-16(12-21-18)13-24(3)4/h7,9,12,19H,5-6,8,10-11,13H2,1-4H3,(H,22,23)/t19-/m0/s1. The molecule has 1 atom stereocenters. The molecule has 0 spiro atoms. The fourth-order valence-electron chi connectivity index (χ4n) is 3.78. The lowest BCUT2D eigenvalue weighted by Crippen LogP contribution is -2.31. The molecule has 1 N–H and O–H groups in total. The SMILES string of the molecule is Cc1n[nH]c(C)c1CCC(=O)N1CCC[C@H]1c1ccc(CN(C)C)cn1. The van der Waals surface area contributed by atoms with Crippen molar-refractivity contribution in [3.05, 3.63) is 46.5 Å². The van der Waals surface area contributed by atoms with E-state index in [1.54, 1.807) is 0 Å². The van der Waals surface area contributed by atoms with Crippen LogP contribution in [-0.4, -0.2) is 51.5 Å². The van der Waals surface area contributed by atoms with Crippen molar-refractivity contribution in [1.82, 2.24) is 25.0 Å². The van der Waals surface area contributed by atoms with Gasteiger partial charge in [-0.05, 0) is 64.4 Å². The summed E-state index contributed by atoms with van der Waals surface area (Å²) in [5.41, 5.74) is 5.42. The van der Waals surface area contributed by atoms with Crippen LogP contribution in [0.3, 0.4) is 0 Å². The van der Waals surface area contributed by atoms with Crippen molar-refractivity contribution in [2.45, 2.75) is 52.1 Å². The molecule has 0 saturated carbocycles. The summed E-state index contributed by atoms with van der Waals surface area (Å²) in [4.78, 5) is 21.6. The van der Waals surface area contributed by atoms with Gasteiger partial charge in [0.15, 0.2) is 0 Å². The van der Waals surface area contributed by atoms with Gasteiger partial charge in [-0.25, -0.2) is 0 Å². The Morgan fingerprint density at radius 1 is 1.35 bits per heavy atom. The summed E-state index contributed by atoms with van der Waals surface area (Å²) in [5, 5.41) is 7.21. The second-order valence-corrected chi connectivity index (χ2v) is 7.49. The normalized spacial score (nSPS) is 17.3. The molecule has 1 saturated heterocycles. The number of aromatic amines is 1. The first kappa shape index (κ1) is 18.6. The second kappa shape index (κ2) is 7.99. The largest absolute Gasteiger partial charge is 0.334 e. The van der Waals surface area contributed by atoms with Gasteiger partial charge in [-0.1, -0.05) is 6.07 Å². The van der Waals surface area contributed by atoms with Crippen LogP contribution in [-0.2, 0) is 17.8 Å². The van der Waals surface area contributed by atoms with Crippen LogP contribution in [0.25, 0.3) is 0 Å². The Morgan fingerprint density at radius 3 is 2.77 bits per heavy atom. The number of hydrogen-bond donors (Lipinski definition) is 1. The molecule has 0 unspecified atom stereocenters. The van der Waals surface area contributed by atoms with E-state index in [-0.39, 0.29) is 11.9 Å². The minimum Gasteiger partial charge on any atom is -0.334 e. The maximum atomic E-state index is 12.8. The van der Waals surface area contributed by atoms with Crippen LogP contribution in [0.15, 0.2) is 18.3 Å². The molecule has 3 heterocycles. The molecular formula is C20H29N5O. The third kappa shape index (κ3) is 4.12. The molecule has 140 valence electrons. The van der Waals surface area contributed by atoms with Crippen LogP contribution in [0, 0.1) is 13.8 Å². The summed E-state index contributed by atoms with van der Waals surface area (Å²) in [6, 6.07) is 4.32. The molecule has 1 aliphatic rings. The number of carbonyl (C=O) groups excluding carboxylic acids is 1. The van der Waals surface area contributed by atoms with Crippen LogP contribution in [0.5, 0.6) is 0 Å². The molecule has 0 bridgehead atoms. The Balaban J connectivity index is 1.64. The minimum absolute atomic E-state index is 0.113. The molecule has 3 rings (SSSR count). The van der Waals surface area contributed by atoms with E-state index in [4.69, 9.17) is 0 Å². The van der Waals surface area contributed by atoms with Crippen molar-refractivity contribution in [2.24, 2.45) is 0 Å². The van der Waals surface area contributed by atoms with Crippen molar-refractivity contribution in [3.8, 4) is 0 Å². The van der Waals surface area contributed by atoms with Gasteiger partial charge in [0.2, 0.25) is 5.91 Å². The fourth-order valence-corrected chi connectivity index (χ4v) is 3.78. The monoisotopic (exact) mass is 355 g/mol. The van der Waals surface area contributed by atoms with Crippen molar-refractivity contribution in [2.75, 3.05) is 20.6 Å². The van der Waals surface area contributed by atoms with Gasteiger partial charge in [-0.2, -0.15) is 5.10 Å². The van der Waals surface area contributed by atoms with Crippen molar-refractivity contribution in [1.29, 1.82) is 0 Å². The zero-order valence-corrected chi connectivity index (χ0v) is 16.2. The average Bonchev–Trinajstić information content (AvgIpc) is 3.21. The quantitative estimate of drug-likeness (QED) is 0.865. The number of nitrogens with zero attached hydrogens (tertiary/aromatic N) is 4. The molecule has 1 amide bonds. The average molecular weight is 355 g/mol. The highest BCUT2D eigenvalue weighted by molar-refractivity contribution is 5.77. The van der Waals surface area contributed by atoms with Gasteiger partial charge >= 0.3 is 0 Å². The van der Waals surface area contributed by atoms with Gasteiger partial charge in [-0.3, -0.25) is 14.9 Å². The maximum absolute atomic E-state index is 12.8. The van der Waals surface area contributed by atoms with Gasteiger partial charge in [-0.15, -0.1) is 0 Å². The Labute approximate surface area is 155 Å². The van der Waals surface area contributed by atoms with E-state index in [1.165, 1.54) is 11.1 Å². The molecule has 6 nitrogen and oxygen atoms in total. The predicted octanol–water partition coefficient (Wildman–Crippen LogP) is 2.78. The number of likely N-dealkylation sites (tertiary alicyclic amines) is 1. The number of amides is 1. The third-order valence-electron chi connectivity index (χ3n) is 5.13. The topological polar surface area (TPSA) is 65.1 Å². The number of H-pyrrole nitrogens is 1. The Morgan fingerprint density at radius 2 is 2.15 bits per heavy atom. The summed E-state index contributed by atoms with van der Waals surface area (Å²) < 4.78 is 0. The van der Waals surface area contributed by atoms with E-state index in [0.29, 0.717) is 6.42 Å². The van der Waals surface area contributed by atoms with E-state index in [9.17, 15) is 4.79 Å². The Hall–Kier alpha value is -2.21. The summed E-state index contributed by atoms with van der Waals surface area (Å²) in [6.45, 7) is 5.71. The first-order valence-electron chi connectivity index (χ1n) is 9.35. The molecule has 0 aliphatic carbocycles. The Bertz CT molecular complexity index is 731. The van der Waals surface area contributed by atoms with Gasteiger partial charge < -0.3 is 9.80 Å². The van der Waals surface area contributed by atoms with Crippen LogP contribution < -0.4 is 0 Å². The predicted molar refractivity (Wildman–Crippen MR) is 102 cm³/mol. The van der Waals surface area contributed by atoms with Crippen LogP contribution in [0.1, 0.15) is 53.5 Å². The molecule has 2 aromatic rings. The highest BCUT2D eigenvalue weighted by Gasteiger charge is 2.30. The van der Waals surface area contributed by atoms with Crippen LogP contribution >= 0.6 is 0 Å². The van der Waals surface area contributed by atoms with E-state index in [1.807, 2.05) is 24.9 Å².